The second kappa shape index (κ2) is 7.00. The summed E-state index contributed by atoms with van der Waals surface area (Å²) < 4.78 is 11.4. The van der Waals surface area contributed by atoms with Crippen LogP contribution in [0.4, 0.5) is 0 Å². The molecule has 0 N–H and O–H groups in total. The standard InChI is InChI=1S/C20H12N2O2/c21-13-15-6-7-20(12-16(15)14-22)24-19-10-8-18(9-11-19)23-17-4-2-1-3-5-17/h1-12H. The van der Waals surface area contributed by atoms with Crippen LogP contribution in [0.15, 0.2) is 72.8 Å². The Morgan fingerprint density at radius 2 is 1.04 bits per heavy atom. The Labute approximate surface area is 139 Å². The zero-order valence-electron chi connectivity index (χ0n) is 12.6. The van der Waals surface area contributed by atoms with Crippen molar-refractivity contribution in [3.05, 3.63) is 83.9 Å². The van der Waals surface area contributed by atoms with Crippen LogP contribution < -0.4 is 9.47 Å². The van der Waals surface area contributed by atoms with Crippen LogP contribution in [-0.4, -0.2) is 0 Å². The van der Waals surface area contributed by atoms with Gasteiger partial charge >= 0.3 is 0 Å². The van der Waals surface area contributed by atoms with E-state index in [2.05, 4.69) is 0 Å². The summed E-state index contributed by atoms with van der Waals surface area (Å²) in [6.07, 6.45) is 0. The zero-order valence-corrected chi connectivity index (χ0v) is 12.6. The molecule has 0 heterocycles. The molecule has 3 rings (SSSR count). The van der Waals surface area contributed by atoms with Crippen LogP contribution in [0.3, 0.4) is 0 Å². The van der Waals surface area contributed by atoms with Crippen molar-refractivity contribution in [2.75, 3.05) is 0 Å². The minimum atomic E-state index is 0.291. The molecule has 3 aromatic rings. The topological polar surface area (TPSA) is 66.0 Å². The van der Waals surface area contributed by atoms with E-state index >= 15 is 0 Å². The molecule has 114 valence electrons. The Kier molecular flexibility index (Phi) is 4.42. The largest absolute Gasteiger partial charge is 0.457 e. The average molecular weight is 312 g/mol. The minimum Gasteiger partial charge on any atom is -0.457 e. The molecule has 0 amide bonds. The SMILES string of the molecule is N#Cc1ccc(Oc2ccc(Oc3ccccc3)cc2)cc1C#N. The third-order valence-corrected chi connectivity index (χ3v) is 3.27. The number of rotatable bonds is 4. The van der Waals surface area contributed by atoms with Gasteiger partial charge in [-0.3, -0.25) is 0 Å². The van der Waals surface area contributed by atoms with E-state index < -0.39 is 0 Å². The molecule has 0 aromatic heterocycles. The molecule has 0 saturated heterocycles. The summed E-state index contributed by atoms with van der Waals surface area (Å²) in [4.78, 5) is 0. The first-order valence-corrected chi connectivity index (χ1v) is 7.23. The minimum absolute atomic E-state index is 0.291. The third kappa shape index (κ3) is 3.52. The van der Waals surface area contributed by atoms with Gasteiger partial charge in [-0.05, 0) is 54.6 Å². The molecule has 0 aliphatic carbocycles. The molecule has 24 heavy (non-hydrogen) atoms. The summed E-state index contributed by atoms with van der Waals surface area (Å²) in [5.74, 6) is 2.58. The number of para-hydroxylation sites is 1. The molecule has 0 aliphatic heterocycles. The molecule has 0 atom stereocenters. The van der Waals surface area contributed by atoms with Gasteiger partial charge in [0.2, 0.25) is 0 Å². The van der Waals surface area contributed by atoms with E-state index in [4.69, 9.17) is 20.0 Å². The molecular weight excluding hydrogens is 300 g/mol. The summed E-state index contributed by atoms with van der Waals surface area (Å²) in [6, 6.07) is 25.4. The predicted molar refractivity (Wildman–Crippen MR) is 88.9 cm³/mol. The summed E-state index contributed by atoms with van der Waals surface area (Å²) in [5, 5.41) is 18.0. The van der Waals surface area contributed by atoms with Gasteiger partial charge in [-0.2, -0.15) is 10.5 Å². The molecule has 3 aromatic carbocycles. The average Bonchev–Trinajstić information content (AvgIpc) is 2.64. The maximum absolute atomic E-state index is 9.04. The van der Waals surface area contributed by atoms with Crippen molar-refractivity contribution in [1.82, 2.24) is 0 Å². The normalized spacial score (nSPS) is 9.58. The van der Waals surface area contributed by atoms with Crippen LogP contribution in [0.25, 0.3) is 0 Å². The van der Waals surface area contributed by atoms with Crippen molar-refractivity contribution >= 4 is 0 Å². The fourth-order valence-electron chi connectivity index (χ4n) is 2.11. The van der Waals surface area contributed by atoms with E-state index in [0.29, 0.717) is 28.4 Å². The highest BCUT2D eigenvalue weighted by molar-refractivity contribution is 5.50. The fraction of sp³-hybridized carbons (Fsp3) is 0. The van der Waals surface area contributed by atoms with Gasteiger partial charge < -0.3 is 9.47 Å². The molecule has 0 radical (unpaired) electrons. The first-order chi connectivity index (χ1) is 11.8. The van der Waals surface area contributed by atoms with Crippen LogP contribution in [-0.2, 0) is 0 Å². The summed E-state index contributed by atoms with van der Waals surface area (Å²) in [6.45, 7) is 0. The zero-order chi connectivity index (χ0) is 16.8. The lowest BCUT2D eigenvalue weighted by atomic mass is 10.1. The van der Waals surface area contributed by atoms with E-state index in [0.717, 1.165) is 5.75 Å². The highest BCUT2D eigenvalue weighted by Gasteiger charge is 2.05. The Morgan fingerprint density at radius 3 is 1.62 bits per heavy atom. The number of hydrogen-bond donors (Lipinski definition) is 0. The van der Waals surface area contributed by atoms with E-state index in [1.54, 1.807) is 42.5 Å². The van der Waals surface area contributed by atoms with Crippen LogP contribution >= 0.6 is 0 Å². The van der Waals surface area contributed by atoms with Gasteiger partial charge in [0.25, 0.3) is 0 Å². The molecule has 0 unspecified atom stereocenters. The predicted octanol–water partition coefficient (Wildman–Crippen LogP) is 5.01. The number of nitrogens with zero attached hydrogens (tertiary/aromatic N) is 2. The molecule has 0 saturated carbocycles. The lowest BCUT2D eigenvalue weighted by Gasteiger charge is -2.08. The Morgan fingerprint density at radius 1 is 0.542 bits per heavy atom. The first-order valence-electron chi connectivity index (χ1n) is 7.23. The molecule has 0 fully saturated rings. The van der Waals surface area contributed by atoms with Crippen molar-refractivity contribution in [3.8, 4) is 35.1 Å². The van der Waals surface area contributed by atoms with Crippen molar-refractivity contribution < 1.29 is 9.47 Å². The lowest BCUT2D eigenvalue weighted by Crippen LogP contribution is -1.89. The fourth-order valence-corrected chi connectivity index (χ4v) is 2.11. The summed E-state index contributed by atoms with van der Waals surface area (Å²) in [7, 11) is 0. The monoisotopic (exact) mass is 312 g/mol. The quantitative estimate of drug-likeness (QED) is 0.679. The van der Waals surface area contributed by atoms with Gasteiger partial charge in [-0.15, -0.1) is 0 Å². The molecular formula is C20H12N2O2. The Bertz CT molecular complexity index is 921. The van der Waals surface area contributed by atoms with Crippen molar-refractivity contribution in [1.29, 1.82) is 10.5 Å². The van der Waals surface area contributed by atoms with Crippen LogP contribution in [0.5, 0.6) is 23.0 Å². The van der Waals surface area contributed by atoms with E-state index in [1.165, 1.54) is 0 Å². The molecule has 0 bridgehead atoms. The smallest absolute Gasteiger partial charge is 0.128 e. The number of benzene rings is 3. The van der Waals surface area contributed by atoms with Gasteiger partial charge in [-0.1, -0.05) is 18.2 Å². The molecule has 0 spiro atoms. The van der Waals surface area contributed by atoms with Crippen LogP contribution in [0, 0.1) is 22.7 Å². The van der Waals surface area contributed by atoms with Gasteiger partial charge in [0.05, 0.1) is 11.1 Å². The number of hydrogen-bond acceptors (Lipinski definition) is 4. The second-order valence-electron chi connectivity index (χ2n) is 4.92. The van der Waals surface area contributed by atoms with E-state index in [-0.39, 0.29) is 0 Å². The molecule has 4 heteroatoms. The molecule has 0 aliphatic rings. The molecule has 4 nitrogen and oxygen atoms in total. The first kappa shape index (κ1) is 15.1. The van der Waals surface area contributed by atoms with Crippen LogP contribution in [0.1, 0.15) is 11.1 Å². The number of nitriles is 2. The number of ether oxygens (including phenoxy) is 2. The van der Waals surface area contributed by atoms with Crippen molar-refractivity contribution in [3.63, 3.8) is 0 Å². The summed E-state index contributed by atoms with van der Waals surface area (Å²) >= 11 is 0. The Hall–Kier alpha value is -3.76. The maximum atomic E-state index is 9.04. The third-order valence-electron chi connectivity index (χ3n) is 3.27. The van der Waals surface area contributed by atoms with Gasteiger partial charge in [0, 0.05) is 0 Å². The highest BCUT2D eigenvalue weighted by atomic mass is 16.5. The summed E-state index contributed by atoms with van der Waals surface area (Å²) in [5.41, 5.74) is 0.621. The van der Waals surface area contributed by atoms with Crippen molar-refractivity contribution in [2.45, 2.75) is 0 Å². The van der Waals surface area contributed by atoms with E-state index in [9.17, 15) is 0 Å². The van der Waals surface area contributed by atoms with Gasteiger partial charge in [0.15, 0.2) is 0 Å². The lowest BCUT2D eigenvalue weighted by molar-refractivity contribution is 0.469. The van der Waals surface area contributed by atoms with Gasteiger partial charge in [-0.25, -0.2) is 0 Å². The van der Waals surface area contributed by atoms with Crippen LogP contribution in [0.2, 0.25) is 0 Å². The maximum Gasteiger partial charge on any atom is 0.128 e. The highest BCUT2D eigenvalue weighted by Crippen LogP contribution is 2.27. The second-order valence-corrected chi connectivity index (χ2v) is 4.92. The van der Waals surface area contributed by atoms with Crippen molar-refractivity contribution in [2.24, 2.45) is 0 Å². The van der Waals surface area contributed by atoms with E-state index in [1.807, 2.05) is 42.5 Å². The van der Waals surface area contributed by atoms with Gasteiger partial charge in [0.1, 0.15) is 35.1 Å². The Balaban J connectivity index is 1.73.